The van der Waals surface area contributed by atoms with E-state index in [1.54, 1.807) is 11.3 Å². The molecule has 1 saturated carbocycles. The van der Waals surface area contributed by atoms with Crippen LogP contribution in [0.25, 0.3) is 21.6 Å². The molecule has 0 amide bonds. The minimum absolute atomic E-state index is 0.0449. The second-order valence-corrected chi connectivity index (χ2v) is 7.86. The van der Waals surface area contributed by atoms with Gasteiger partial charge in [-0.25, -0.2) is 9.78 Å². The summed E-state index contributed by atoms with van der Waals surface area (Å²) in [6.07, 6.45) is 6.51. The highest BCUT2D eigenvalue weighted by Crippen LogP contribution is 2.36. The SMILES string of the molecule is CC.CC(C)n1c(=O)[nH]c2c(-c3nc(C4CCCCC4)cs3)cccc21. The molecule has 2 heterocycles. The van der Waals surface area contributed by atoms with Crippen LogP contribution < -0.4 is 5.69 Å². The van der Waals surface area contributed by atoms with E-state index in [0.717, 1.165) is 21.6 Å². The monoisotopic (exact) mass is 371 g/mol. The molecule has 1 fully saturated rings. The van der Waals surface area contributed by atoms with Gasteiger partial charge in [-0.2, -0.15) is 0 Å². The summed E-state index contributed by atoms with van der Waals surface area (Å²) in [4.78, 5) is 20.3. The van der Waals surface area contributed by atoms with Crippen molar-refractivity contribution >= 4 is 22.4 Å². The van der Waals surface area contributed by atoms with Crippen LogP contribution in [0.3, 0.4) is 0 Å². The first-order valence-electron chi connectivity index (χ1n) is 9.84. The molecule has 1 N–H and O–H groups in total. The fraction of sp³-hybridized carbons (Fsp3) is 0.524. The van der Waals surface area contributed by atoms with Crippen LogP contribution in [0.4, 0.5) is 0 Å². The van der Waals surface area contributed by atoms with E-state index in [1.165, 1.54) is 37.8 Å². The maximum Gasteiger partial charge on any atom is 0.326 e. The van der Waals surface area contributed by atoms with Gasteiger partial charge in [0.1, 0.15) is 5.01 Å². The van der Waals surface area contributed by atoms with E-state index in [4.69, 9.17) is 4.98 Å². The van der Waals surface area contributed by atoms with E-state index >= 15 is 0 Å². The number of H-pyrrole nitrogens is 1. The number of benzene rings is 1. The van der Waals surface area contributed by atoms with Crippen molar-refractivity contribution in [2.75, 3.05) is 0 Å². The Morgan fingerprint density at radius 2 is 1.92 bits per heavy atom. The number of fused-ring (bicyclic) bond motifs is 1. The van der Waals surface area contributed by atoms with Gasteiger partial charge in [0.2, 0.25) is 0 Å². The summed E-state index contributed by atoms with van der Waals surface area (Å²) in [7, 11) is 0. The van der Waals surface area contributed by atoms with Gasteiger partial charge >= 0.3 is 5.69 Å². The van der Waals surface area contributed by atoms with Crippen molar-refractivity contribution < 1.29 is 0 Å². The molecule has 0 atom stereocenters. The number of aromatic amines is 1. The van der Waals surface area contributed by atoms with Gasteiger partial charge in [0.25, 0.3) is 0 Å². The third-order valence-corrected chi connectivity index (χ3v) is 5.94. The quantitative estimate of drug-likeness (QED) is 0.604. The molecule has 1 aliphatic rings. The molecule has 26 heavy (non-hydrogen) atoms. The van der Waals surface area contributed by atoms with Crippen LogP contribution in [0.2, 0.25) is 0 Å². The number of imidazole rings is 1. The highest BCUT2D eigenvalue weighted by molar-refractivity contribution is 7.13. The molecule has 1 aliphatic carbocycles. The van der Waals surface area contributed by atoms with E-state index in [0.29, 0.717) is 5.92 Å². The standard InChI is InChI=1S/C19H23N3OS.C2H6/c1-12(2)22-16-10-6-9-14(17(16)21-19(22)23)18-20-15(11-24-18)13-7-4-3-5-8-13;1-2/h6,9-13H,3-5,7-8H2,1-2H3,(H,21,23);1-2H3. The average molecular weight is 372 g/mol. The molecule has 1 aromatic carbocycles. The summed E-state index contributed by atoms with van der Waals surface area (Å²) in [5.74, 6) is 0.613. The number of nitrogens with zero attached hydrogens (tertiary/aromatic N) is 2. The zero-order valence-corrected chi connectivity index (χ0v) is 17.0. The molecule has 0 unspecified atom stereocenters. The fourth-order valence-electron chi connectivity index (χ4n) is 3.84. The van der Waals surface area contributed by atoms with Gasteiger partial charge in [-0.15, -0.1) is 11.3 Å². The highest BCUT2D eigenvalue weighted by atomic mass is 32.1. The number of thiazole rings is 1. The maximum absolute atomic E-state index is 12.3. The van der Waals surface area contributed by atoms with Gasteiger partial charge in [-0.1, -0.05) is 39.2 Å². The van der Waals surface area contributed by atoms with E-state index in [2.05, 4.69) is 16.4 Å². The third-order valence-electron chi connectivity index (χ3n) is 5.04. The number of nitrogens with one attached hydrogen (secondary N) is 1. The first-order valence-corrected chi connectivity index (χ1v) is 10.7. The summed E-state index contributed by atoms with van der Waals surface area (Å²) in [5.41, 5.74) is 4.09. The van der Waals surface area contributed by atoms with Crippen molar-refractivity contribution in [1.29, 1.82) is 0 Å². The minimum atomic E-state index is -0.0449. The summed E-state index contributed by atoms with van der Waals surface area (Å²) in [6, 6.07) is 6.22. The van der Waals surface area contributed by atoms with Crippen LogP contribution >= 0.6 is 11.3 Å². The van der Waals surface area contributed by atoms with Gasteiger partial charge in [-0.3, -0.25) is 4.57 Å². The van der Waals surface area contributed by atoms with Gasteiger partial charge in [-0.05, 0) is 38.8 Å². The normalized spacial score (nSPS) is 15.3. The Morgan fingerprint density at radius 3 is 2.62 bits per heavy atom. The van der Waals surface area contributed by atoms with Crippen molar-refractivity contribution in [2.24, 2.45) is 0 Å². The molecule has 140 valence electrons. The summed E-state index contributed by atoms with van der Waals surface area (Å²) < 4.78 is 1.81. The van der Waals surface area contributed by atoms with Crippen molar-refractivity contribution in [3.05, 3.63) is 39.8 Å². The van der Waals surface area contributed by atoms with Crippen LogP contribution in [-0.2, 0) is 0 Å². The highest BCUT2D eigenvalue weighted by Gasteiger charge is 2.20. The lowest BCUT2D eigenvalue weighted by molar-refractivity contribution is 0.438. The largest absolute Gasteiger partial charge is 0.326 e. The lowest BCUT2D eigenvalue weighted by atomic mass is 9.87. The Bertz CT molecular complexity index is 913. The van der Waals surface area contributed by atoms with E-state index in [1.807, 2.05) is 44.4 Å². The van der Waals surface area contributed by atoms with Crippen molar-refractivity contribution in [3.8, 4) is 10.6 Å². The smallest absolute Gasteiger partial charge is 0.305 e. The van der Waals surface area contributed by atoms with Crippen LogP contribution in [0, 0.1) is 0 Å². The van der Waals surface area contributed by atoms with Gasteiger partial charge in [0.15, 0.2) is 0 Å². The molecule has 0 radical (unpaired) electrons. The molecule has 0 spiro atoms. The molecule has 4 nitrogen and oxygen atoms in total. The number of hydrogen-bond donors (Lipinski definition) is 1. The lowest BCUT2D eigenvalue weighted by Gasteiger charge is -2.19. The molecule has 0 bridgehead atoms. The Hall–Kier alpha value is -1.88. The predicted molar refractivity (Wildman–Crippen MR) is 111 cm³/mol. The Balaban J connectivity index is 0.000000948. The third kappa shape index (κ3) is 3.50. The molecule has 0 aliphatic heterocycles. The Labute approximate surface area is 159 Å². The average Bonchev–Trinajstić information content (AvgIpc) is 3.27. The summed E-state index contributed by atoms with van der Waals surface area (Å²) in [6.45, 7) is 8.07. The summed E-state index contributed by atoms with van der Waals surface area (Å²) in [5, 5.41) is 3.22. The van der Waals surface area contributed by atoms with Gasteiger partial charge in [0, 0.05) is 22.9 Å². The second-order valence-electron chi connectivity index (χ2n) is 7.01. The molecule has 4 rings (SSSR count). The number of hydrogen-bond acceptors (Lipinski definition) is 3. The van der Waals surface area contributed by atoms with Crippen molar-refractivity contribution in [2.45, 2.75) is 71.8 Å². The van der Waals surface area contributed by atoms with Gasteiger partial charge < -0.3 is 4.98 Å². The second kappa shape index (κ2) is 8.21. The van der Waals surface area contributed by atoms with Gasteiger partial charge in [0.05, 0.1) is 16.7 Å². The first-order chi connectivity index (χ1) is 12.6. The van der Waals surface area contributed by atoms with Crippen molar-refractivity contribution in [1.82, 2.24) is 14.5 Å². The number of para-hydroxylation sites is 1. The van der Waals surface area contributed by atoms with Crippen LogP contribution in [0.5, 0.6) is 0 Å². The Kier molecular flexibility index (Phi) is 5.97. The van der Waals surface area contributed by atoms with E-state index in [9.17, 15) is 4.79 Å². The summed E-state index contributed by atoms with van der Waals surface area (Å²) >= 11 is 1.69. The molecule has 0 saturated heterocycles. The zero-order chi connectivity index (χ0) is 18.7. The zero-order valence-electron chi connectivity index (χ0n) is 16.2. The predicted octanol–water partition coefficient (Wildman–Crippen LogP) is 6.11. The molecule has 3 aromatic rings. The molecule has 5 heteroatoms. The topological polar surface area (TPSA) is 50.7 Å². The molecular weight excluding hydrogens is 342 g/mol. The van der Waals surface area contributed by atoms with Crippen LogP contribution in [-0.4, -0.2) is 14.5 Å². The fourth-order valence-corrected chi connectivity index (χ4v) is 4.77. The van der Waals surface area contributed by atoms with E-state index in [-0.39, 0.29) is 11.7 Å². The molecular formula is C21H29N3OS. The molecule has 2 aromatic heterocycles. The number of aromatic nitrogens is 3. The minimum Gasteiger partial charge on any atom is -0.305 e. The Morgan fingerprint density at radius 1 is 1.19 bits per heavy atom. The maximum atomic E-state index is 12.3. The van der Waals surface area contributed by atoms with Crippen LogP contribution in [0.15, 0.2) is 28.4 Å². The van der Waals surface area contributed by atoms with Crippen LogP contribution in [0.1, 0.15) is 77.5 Å². The lowest BCUT2D eigenvalue weighted by Crippen LogP contribution is -2.18. The number of rotatable bonds is 3. The van der Waals surface area contributed by atoms with E-state index < -0.39 is 0 Å². The first kappa shape index (κ1) is 18.9. The van der Waals surface area contributed by atoms with Crippen molar-refractivity contribution in [3.63, 3.8) is 0 Å².